The highest BCUT2D eigenvalue weighted by Gasteiger charge is 2.47. The van der Waals surface area contributed by atoms with E-state index < -0.39 is 9.84 Å². The van der Waals surface area contributed by atoms with E-state index in [0.717, 1.165) is 11.5 Å². The number of aryl methyl sites for hydroxylation is 1. The lowest BCUT2D eigenvalue weighted by Crippen LogP contribution is -2.60. The summed E-state index contributed by atoms with van der Waals surface area (Å²) in [6.45, 7) is 5.16. The van der Waals surface area contributed by atoms with E-state index in [4.69, 9.17) is 4.42 Å². The summed E-state index contributed by atoms with van der Waals surface area (Å²) in [6, 6.07) is 3.23. The minimum Gasteiger partial charge on any atom is -0.465 e. The maximum atomic E-state index is 12.5. The van der Waals surface area contributed by atoms with Crippen molar-refractivity contribution < 1.29 is 22.4 Å². The number of fused-ring (bicyclic) bond motifs is 1. The Hall–Kier alpha value is -1.87. The molecule has 3 rings (SSSR count). The number of piperazine rings is 1. The second-order valence-corrected chi connectivity index (χ2v) is 9.17. The van der Waals surface area contributed by atoms with Crippen molar-refractivity contribution in [2.75, 3.05) is 31.1 Å². The van der Waals surface area contributed by atoms with Crippen molar-refractivity contribution in [1.82, 2.24) is 15.1 Å². The Labute approximate surface area is 153 Å². The lowest BCUT2D eigenvalue weighted by Gasteiger charge is -2.43. The molecule has 2 aliphatic rings. The number of nitrogens with one attached hydrogen (secondary N) is 1. The van der Waals surface area contributed by atoms with Crippen LogP contribution in [0.4, 0.5) is 0 Å². The standard InChI is InChI=1S/C17H25N3O5S/c1-12-3-4-14(25-12)9-19-7-8-20(17(22)5-6-18-13(2)21)16-11-26(23,24)10-15(16)19/h3-4,15-16H,5-11H2,1-2H3,(H,18,21)/t15-,16+/m1/s1. The van der Waals surface area contributed by atoms with Crippen LogP contribution in [0.15, 0.2) is 16.5 Å². The summed E-state index contributed by atoms with van der Waals surface area (Å²) >= 11 is 0. The number of furan rings is 1. The Morgan fingerprint density at radius 1 is 1.23 bits per heavy atom. The van der Waals surface area contributed by atoms with Gasteiger partial charge in [-0.1, -0.05) is 0 Å². The van der Waals surface area contributed by atoms with Crippen molar-refractivity contribution in [2.24, 2.45) is 0 Å². The van der Waals surface area contributed by atoms with Gasteiger partial charge in [0.1, 0.15) is 11.5 Å². The first-order chi connectivity index (χ1) is 12.2. The van der Waals surface area contributed by atoms with E-state index in [1.807, 2.05) is 19.1 Å². The Bertz CT molecular complexity index is 788. The molecule has 2 atom stereocenters. The van der Waals surface area contributed by atoms with Crippen LogP contribution in [0.3, 0.4) is 0 Å². The summed E-state index contributed by atoms with van der Waals surface area (Å²) in [6.07, 6.45) is 0.181. The van der Waals surface area contributed by atoms with Gasteiger partial charge in [-0.15, -0.1) is 0 Å². The highest BCUT2D eigenvalue weighted by molar-refractivity contribution is 7.91. The second kappa shape index (κ2) is 7.40. The van der Waals surface area contributed by atoms with Gasteiger partial charge in [0.15, 0.2) is 9.84 Å². The SMILES string of the molecule is CC(=O)NCCC(=O)N1CCN(Cc2ccc(C)o2)[C@@H]2CS(=O)(=O)C[C@@H]21. The zero-order chi connectivity index (χ0) is 18.9. The molecular weight excluding hydrogens is 358 g/mol. The molecule has 1 aromatic rings. The average Bonchev–Trinajstić information content (AvgIpc) is 3.09. The van der Waals surface area contributed by atoms with Crippen molar-refractivity contribution >= 4 is 21.7 Å². The first kappa shape index (κ1) is 18.9. The first-order valence-corrected chi connectivity index (χ1v) is 10.6. The molecule has 0 radical (unpaired) electrons. The highest BCUT2D eigenvalue weighted by Crippen LogP contribution is 2.29. The van der Waals surface area contributed by atoms with Gasteiger partial charge in [0.25, 0.3) is 0 Å². The molecule has 9 heteroatoms. The van der Waals surface area contributed by atoms with E-state index in [1.165, 1.54) is 6.92 Å². The summed E-state index contributed by atoms with van der Waals surface area (Å²) in [5, 5.41) is 2.61. The molecule has 1 N–H and O–H groups in total. The fourth-order valence-electron chi connectivity index (χ4n) is 3.79. The molecule has 26 heavy (non-hydrogen) atoms. The maximum absolute atomic E-state index is 12.5. The number of hydrogen-bond donors (Lipinski definition) is 1. The molecule has 0 saturated carbocycles. The lowest BCUT2D eigenvalue weighted by molar-refractivity contribution is -0.137. The van der Waals surface area contributed by atoms with Gasteiger partial charge in [0.2, 0.25) is 11.8 Å². The predicted molar refractivity (Wildman–Crippen MR) is 95.1 cm³/mol. The predicted octanol–water partition coefficient (Wildman–Crippen LogP) is -0.0760. The van der Waals surface area contributed by atoms with E-state index in [9.17, 15) is 18.0 Å². The number of hydrogen-bond acceptors (Lipinski definition) is 6. The molecule has 2 saturated heterocycles. The summed E-state index contributed by atoms with van der Waals surface area (Å²) in [5.74, 6) is 1.39. The molecule has 2 aliphatic heterocycles. The van der Waals surface area contributed by atoms with E-state index in [1.54, 1.807) is 4.90 Å². The first-order valence-electron chi connectivity index (χ1n) is 8.79. The monoisotopic (exact) mass is 383 g/mol. The van der Waals surface area contributed by atoms with Crippen molar-refractivity contribution in [3.8, 4) is 0 Å². The number of amides is 2. The second-order valence-electron chi connectivity index (χ2n) is 7.01. The van der Waals surface area contributed by atoms with Gasteiger partial charge in [-0.2, -0.15) is 0 Å². The van der Waals surface area contributed by atoms with E-state index >= 15 is 0 Å². The fourth-order valence-corrected chi connectivity index (χ4v) is 5.80. The number of carbonyl (C=O) groups excluding carboxylic acids is 2. The largest absolute Gasteiger partial charge is 0.465 e. The zero-order valence-corrected chi connectivity index (χ0v) is 15.9. The van der Waals surface area contributed by atoms with Crippen LogP contribution in [-0.4, -0.2) is 73.3 Å². The molecule has 8 nitrogen and oxygen atoms in total. The molecular formula is C17H25N3O5S. The summed E-state index contributed by atoms with van der Waals surface area (Å²) in [4.78, 5) is 27.3. The number of sulfone groups is 1. The molecule has 2 fully saturated rings. The van der Waals surface area contributed by atoms with Gasteiger partial charge in [0.05, 0.1) is 24.1 Å². The minimum absolute atomic E-state index is 0.00275. The Morgan fingerprint density at radius 2 is 1.96 bits per heavy atom. The topological polar surface area (TPSA) is 99.9 Å². The van der Waals surface area contributed by atoms with Crippen LogP contribution in [0.25, 0.3) is 0 Å². The van der Waals surface area contributed by atoms with Crippen molar-refractivity contribution in [1.29, 1.82) is 0 Å². The Balaban J connectivity index is 1.70. The summed E-state index contributed by atoms with van der Waals surface area (Å²) in [5.41, 5.74) is 0. The molecule has 0 unspecified atom stereocenters. The maximum Gasteiger partial charge on any atom is 0.224 e. The van der Waals surface area contributed by atoms with E-state index in [2.05, 4.69) is 10.2 Å². The third-order valence-electron chi connectivity index (χ3n) is 4.98. The number of carbonyl (C=O) groups is 2. The van der Waals surface area contributed by atoms with Crippen LogP contribution in [0.2, 0.25) is 0 Å². The average molecular weight is 383 g/mol. The number of rotatable bonds is 5. The van der Waals surface area contributed by atoms with Crippen molar-refractivity contribution in [2.45, 2.75) is 38.9 Å². The van der Waals surface area contributed by atoms with Crippen molar-refractivity contribution in [3.63, 3.8) is 0 Å². The smallest absolute Gasteiger partial charge is 0.224 e. The molecule has 3 heterocycles. The van der Waals surface area contributed by atoms with Gasteiger partial charge >= 0.3 is 0 Å². The summed E-state index contributed by atoms with van der Waals surface area (Å²) < 4.78 is 30.1. The van der Waals surface area contributed by atoms with Gasteiger partial charge < -0.3 is 14.6 Å². The number of nitrogens with zero attached hydrogens (tertiary/aromatic N) is 2. The van der Waals surface area contributed by atoms with E-state index in [0.29, 0.717) is 19.6 Å². The third-order valence-corrected chi connectivity index (χ3v) is 6.68. The van der Waals surface area contributed by atoms with Crippen LogP contribution in [0.1, 0.15) is 24.9 Å². The van der Waals surface area contributed by atoms with Crippen LogP contribution in [0.5, 0.6) is 0 Å². The van der Waals surface area contributed by atoms with Gasteiger partial charge in [0, 0.05) is 39.0 Å². The molecule has 1 aromatic heterocycles. The van der Waals surface area contributed by atoms with Crippen LogP contribution >= 0.6 is 0 Å². The van der Waals surface area contributed by atoms with Crippen LogP contribution < -0.4 is 5.32 Å². The Kier molecular flexibility index (Phi) is 5.38. The highest BCUT2D eigenvalue weighted by atomic mass is 32.2. The molecule has 2 amide bonds. The van der Waals surface area contributed by atoms with Gasteiger partial charge in [-0.3, -0.25) is 14.5 Å². The third kappa shape index (κ3) is 4.27. The zero-order valence-electron chi connectivity index (χ0n) is 15.1. The quantitative estimate of drug-likeness (QED) is 0.764. The molecule has 144 valence electrons. The normalized spacial score (nSPS) is 25.1. The minimum atomic E-state index is -3.19. The van der Waals surface area contributed by atoms with E-state index in [-0.39, 0.29) is 48.4 Å². The van der Waals surface area contributed by atoms with Crippen LogP contribution in [0, 0.1) is 6.92 Å². The molecule has 0 bridgehead atoms. The van der Waals surface area contributed by atoms with Gasteiger partial charge in [-0.05, 0) is 19.1 Å². The molecule has 0 spiro atoms. The Morgan fingerprint density at radius 3 is 2.62 bits per heavy atom. The molecule has 0 aliphatic carbocycles. The van der Waals surface area contributed by atoms with Crippen LogP contribution in [-0.2, 0) is 26.0 Å². The summed E-state index contributed by atoms with van der Waals surface area (Å²) in [7, 11) is -3.19. The lowest BCUT2D eigenvalue weighted by atomic mass is 10.0. The van der Waals surface area contributed by atoms with Gasteiger partial charge in [-0.25, -0.2) is 8.42 Å². The van der Waals surface area contributed by atoms with Crippen molar-refractivity contribution in [3.05, 3.63) is 23.7 Å². The fraction of sp³-hybridized carbons (Fsp3) is 0.647. The molecule has 0 aromatic carbocycles.